The Labute approximate surface area is 133 Å². The van der Waals surface area contributed by atoms with Crippen molar-refractivity contribution in [1.82, 2.24) is 15.1 Å². The normalized spacial score (nSPS) is 21.4. The van der Waals surface area contributed by atoms with Gasteiger partial charge in [0.05, 0.1) is 19.5 Å². The zero-order valence-electron chi connectivity index (χ0n) is 11.9. The lowest BCUT2D eigenvalue weighted by Gasteiger charge is -2.42. The van der Waals surface area contributed by atoms with Gasteiger partial charge in [0.15, 0.2) is 0 Å². The molecule has 2 saturated heterocycles. The van der Waals surface area contributed by atoms with Gasteiger partial charge < -0.3 is 15.1 Å². The maximum absolute atomic E-state index is 12.4. The molecule has 0 spiro atoms. The molecule has 3 rings (SSSR count). The van der Waals surface area contributed by atoms with Gasteiger partial charge in [0.2, 0.25) is 17.7 Å². The predicted octanol–water partition coefficient (Wildman–Crippen LogP) is 0.0517. The number of nitrogens with one attached hydrogen (secondary N) is 1. The summed E-state index contributed by atoms with van der Waals surface area (Å²) in [6.45, 7) is 1.12. The maximum atomic E-state index is 12.4. The molecule has 1 N–H and O–H groups in total. The van der Waals surface area contributed by atoms with Crippen LogP contribution in [0.2, 0.25) is 5.02 Å². The number of halogens is 1. The number of carbonyl (C=O) groups is 3. The van der Waals surface area contributed by atoms with Crippen LogP contribution >= 0.6 is 11.6 Å². The van der Waals surface area contributed by atoms with E-state index in [9.17, 15) is 14.4 Å². The van der Waals surface area contributed by atoms with Gasteiger partial charge in [-0.2, -0.15) is 0 Å². The monoisotopic (exact) mass is 321 g/mol. The van der Waals surface area contributed by atoms with E-state index in [1.54, 1.807) is 15.9 Å². The minimum absolute atomic E-state index is 0.0445. The fraction of sp³-hybridized carbons (Fsp3) is 0.400. The first-order valence-electron chi connectivity index (χ1n) is 7.14. The van der Waals surface area contributed by atoms with E-state index in [1.807, 2.05) is 18.2 Å². The van der Waals surface area contributed by atoms with Crippen molar-refractivity contribution in [3.63, 3.8) is 0 Å². The smallest absolute Gasteiger partial charge is 0.245 e. The van der Waals surface area contributed by atoms with E-state index in [-0.39, 0.29) is 37.2 Å². The highest BCUT2D eigenvalue weighted by atomic mass is 35.5. The Morgan fingerprint density at radius 2 is 2.05 bits per heavy atom. The average molecular weight is 322 g/mol. The van der Waals surface area contributed by atoms with E-state index in [4.69, 9.17) is 11.6 Å². The summed E-state index contributed by atoms with van der Waals surface area (Å²) >= 11 is 6.07. The van der Waals surface area contributed by atoms with E-state index >= 15 is 0 Å². The third-order valence-corrected chi connectivity index (χ3v) is 4.44. The number of rotatable bonds is 2. The highest BCUT2D eigenvalue weighted by molar-refractivity contribution is 6.31. The Bertz CT molecular complexity index is 634. The second-order valence-electron chi connectivity index (χ2n) is 5.43. The molecule has 1 aromatic rings. The lowest BCUT2D eigenvalue weighted by Crippen LogP contribution is -2.66. The van der Waals surface area contributed by atoms with Crippen LogP contribution in [0.4, 0.5) is 0 Å². The molecule has 0 unspecified atom stereocenters. The van der Waals surface area contributed by atoms with E-state index in [1.165, 1.54) is 0 Å². The number of amides is 3. The van der Waals surface area contributed by atoms with Crippen molar-refractivity contribution in [3.8, 4) is 0 Å². The fourth-order valence-corrected chi connectivity index (χ4v) is 3.03. The van der Waals surface area contributed by atoms with Crippen LogP contribution in [-0.2, 0) is 20.8 Å². The first-order valence-corrected chi connectivity index (χ1v) is 7.52. The Kier molecular flexibility index (Phi) is 4.02. The van der Waals surface area contributed by atoms with Gasteiger partial charge in [-0.05, 0) is 11.6 Å². The third-order valence-electron chi connectivity index (χ3n) is 4.07. The van der Waals surface area contributed by atoms with Crippen molar-refractivity contribution < 1.29 is 14.4 Å². The first kappa shape index (κ1) is 14.8. The highest BCUT2D eigenvalue weighted by Crippen LogP contribution is 2.18. The summed E-state index contributed by atoms with van der Waals surface area (Å²) in [4.78, 5) is 39.3. The topological polar surface area (TPSA) is 69.7 Å². The molecule has 6 nitrogen and oxygen atoms in total. The molecule has 0 aliphatic carbocycles. The van der Waals surface area contributed by atoms with Crippen molar-refractivity contribution in [2.75, 3.05) is 26.2 Å². The number of piperazine rings is 2. The molecule has 7 heteroatoms. The van der Waals surface area contributed by atoms with Crippen molar-refractivity contribution in [2.45, 2.75) is 12.5 Å². The standard InChI is InChI=1S/C15H16ClN3O3/c16-11-4-2-1-3-10(11)7-13(20)18-5-6-19-12(9-18)15(22)17-8-14(19)21/h1-4,12H,5-9H2,(H,17,22)/t12-/m1/s1. The molecule has 2 aliphatic rings. The molecule has 2 heterocycles. The Morgan fingerprint density at radius 1 is 1.27 bits per heavy atom. The van der Waals surface area contributed by atoms with Gasteiger partial charge >= 0.3 is 0 Å². The van der Waals surface area contributed by atoms with E-state index in [0.29, 0.717) is 18.1 Å². The summed E-state index contributed by atoms with van der Waals surface area (Å²) in [6.07, 6.45) is 0.196. The number of fused-ring (bicyclic) bond motifs is 1. The van der Waals surface area contributed by atoms with Crippen LogP contribution in [-0.4, -0.2) is 59.7 Å². The van der Waals surface area contributed by atoms with Gasteiger partial charge in [0.25, 0.3) is 0 Å². The molecule has 22 heavy (non-hydrogen) atoms. The van der Waals surface area contributed by atoms with Crippen LogP contribution in [0.15, 0.2) is 24.3 Å². The van der Waals surface area contributed by atoms with Gasteiger partial charge in [0.1, 0.15) is 6.04 Å². The van der Waals surface area contributed by atoms with Crippen LogP contribution in [0.5, 0.6) is 0 Å². The quantitative estimate of drug-likeness (QED) is 0.837. The van der Waals surface area contributed by atoms with E-state index in [2.05, 4.69) is 5.32 Å². The Morgan fingerprint density at radius 3 is 2.82 bits per heavy atom. The minimum atomic E-state index is -0.579. The number of benzene rings is 1. The molecule has 0 aromatic heterocycles. The maximum Gasteiger partial charge on any atom is 0.245 e. The van der Waals surface area contributed by atoms with Crippen molar-refractivity contribution in [3.05, 3.63) is 34.9 Å². The van der Waals surface area contributed by atoms with Crippen LogP contribution in [0.3, 0.4) is 0 Å². The SMILES string of the molecule is O=C1NCC(=O)N2CCN(C(=O)Cc3ccccc3Cl)C[C@H]12. The van der Waals surface area contributed by atoms with Crippen molar-refractivity contribution in [2.24, 2.45) is 0 Å². The van der Waals surface area contributed by atoms with E-state index in [0.717, 1.165) is 5.56 Å². The third kappa shape index (κ3) is 2.78. The lowest BCUT2D eigenvalue weighted by atomic mass is 10.1. The first-order chi connectivity index (χ1) is 10.6. The molecule has 116 valence electrons. The van der Waals surface area contributed by atoms with Gasteiger partial charge in [0, 0.05) is 18.1 Å². The van der Waals surface area contributed by atoms with Gasteiger partial charge in [-0.15, -0.1) is 0 Å². The molecule has 2 fully saturated rings. The molecule has 0 radical (unpaired) electrons. The number of carbonyl (C=O) groups excluding carboxylic acids is 3. The molecule has 0 bridgehead atoms. The van der Waals surface area contributed by atoms with Crippen LogP contribution in [0, 0.1) is 0 Å². The largest absolute Gasteiger partial charge is 0.345 e. The van der Waals surface area contributed by atoms with Crippen LogP contribution in [0.1, 0.15) is 5.56 Å². The molecule has 0 saturated carbocycles. The fourth-order valence-electron chi connectivity index (χ4n) is 2.83. The zero-order valence-corrected chi connectivity index (χ0v) is 12.7. The predicted molar refractivity (Wildman–Crippen MR) is 80.2 cm³/mol. The Balaban J connectivity index is 1.69. The van der Waals surface area contributed by atoms with E-state index < -0.39 is 6.04 Å². The Hall–Kier alpha value is -2.08. The summed E-state index contributed by atoms with van der Waals surface area (Å²) in [5.74, 6) is -0.379. The molecule has 2 aliphatic heterocycles. The second kappa shape index (κ2) is 5.96. The van der Waals surface area contributed by atoms with Crippen molar-refractivity contribution >= 4 is 29.3 Å². The second-order valence-corrected chi connectivity index (χ2v) is 5.84. The highest BCUT2D eigenvalue weighted by Gasteiger charge is 2.39. The minimum Gasteiger partial charge on any atom is -0.345 e. The van der Waals surface area contributed by atoms with Crippen LogP contribution < -0.4 is 5.32 Å². The molecular weight excluding hydrogens is 306 g/mol. The molecule has 1 atom stereocenters. The zero-order chi connectivity index (χ0) is 15.7. The van der Waals surface area contributed by atoms with Gasteiger partial charge in [-0.1, -0.05) is 29.8 Å². The summed E-state index contributed by atoms with van der Waals surface area (Å²) in [6, 6.07) is 6.63. The molecule has 3 amide bonds. The lowest BCUT2D eigenvalue weighted by molar-refractivity contribution is -0.152. The summed E-state index contributed by atoms with van der Waals surface area (Å²) in [5, 5.41) is 3.12. The summed E-state index contributed by atoms with van der Waals surface area (Å²) in [5.41, 5.74) is 0.765. The number of nitrogens with zero attached hydrogens (tertiary/aromatic N) is 2. The van der Waals surface area contributed by atoms with Gasteiger partial charge in [-0.3, -0.25) is 14.4 Å². The molecular formula is C15H16ClN3O3. The summed E-state index contributed by atoms with van der Waals surface area (Å²) in [7, 11) is 0. The van der Waals surface area contributed by atoms with Gasteiger partial charge in [-0.25, -0.2) is 0 Å². The number of hydrogen-bond acceptors (Lipinski definition) is 3. The van der Waals surface area contributed by atoms with Crippen molar-refractivity contribution in [1.29, 1.82) is 0 Å². The molecule has 1 aromatic carbocycles. The summed E-state index contributed by atoms with van der Waals surface area (Å²) < 4.78 is 0. The average Bonchev–Trinajstić information content (AvgIpc) is 2.53. The van der Waals surface area contributed by atoms with Crippen LogP contribution in [0.25, 0.3) is 0 Å². The number of hydrogen-bond donors (Lipinski definition) is 1.